The molecule has 6 heteroatoms. The van der Waals surface area contributed by atoms with Crippen LogP contribution in [0.4, 0.5) is 5.69 Å². The summed E-state index contributed by atoms with van der Waals surface area (Å²) in [6.07, 6.45) is 0.572. The molecule has 1 saturated heterocycles. The number of hydrogen-bond donors (Lipinski definition) is 1. The Kier molecular flexibility index (Phi) is 4.11. The summed E-state index contributed by atoms with van der Waals surface area (Å²) in [4.78, 5) is 25.3. The number of hydrogen-bond acceptors (Lipinski definition) is 2. The normalized spacial score (nSPS) is 19.9. The molecule has 1 atom stereocenters. The number of anilines is 1. The van der Waals surface area contributed by atoms with Crippen LogP contribution in [0.2, 0.25) is 5.02 Å². The van der Waals surface area contributed by atoms with Gasteiger partial charge in [-0.25, -0.2) is 0 Å². The maximum absolute atomic E-state index is 12.2. The number of benzene rings is 1. The predicted octanol–water partition coefficient (Wildman–Crippen LogP) is 2.19. The zero-order valence-electron chi connectivity index (χ0n) is 9.74. The minimum Gasteiger partial charge on any atom is -0.343 e. The average Bonchev–Trinajstić information content (AvgIpc) is 2.35. The van der Waals surface area contributed by atoms with Crippen molar-refractivity contribution >= 4 is 51.7 Å². The molecule has 1 aliphatic heterocycles. The second-order valence-corrected chi connectivity index (χ2v) is 5.70. The van der Waals surface area contributed by atoms with Gasteiger partial charge in [0, 0.05) is 3.57 Å². The Labute approximate surface area is 124 Å². The van der Waals surface area contributed by atoms with E-state index in [0.29, 0.717) is 17.1 Å². The molecular formula is C12H12ClIN2O2. The van der Waals surface area contributed by atoms with Crippen molar-refractivity contribution in [2.75, 3.05) is 11.4 Å². The van der Waals surface area contributed by atoms with Crippen LogP contribution in [-0.4, -0.2) is 24.4 Å². The van der Waals surface area contributed by atoms with Crippen molar-refractivity contribution in [3.05, 3.63) is 26.8 Å². The van der Waals surface area contributed by atoms with Crippen LogP contribution in [-0.2, 0) is 9.59 Å². The van der Waals surface area contributed by atoms with Crippen LogP contribution in [0.5, 0.6) is 0 Å². The van der Waals surface area contributed by atoms with E-state index in [1.54, 1.807) is 6.07 Å². The van der Waals surface area contributed by atoms with Crippen molar-refractivity contribution < 1.29 is 9.59 Å². The molecule has 2 amide bonds. The van der Waals surface area contributed by atoms with Crippen molar-refractivity contribution in [3.8, 4) is 0 Å². The first kappa shape index (κ1) is 13.6. The molecule has 0 bridgehead atoms. The number of rotatable bonds is 2. The van der Waals surface area contributed by atoms with Crippen LogP contribution >= 0.6 is 34.2 Å². The number of nitrogens with zero attached hydrogens (tertiary/aromatic N) is 1. The lowest BCUT2D eigenvalue weighted by atomic mass is 10.1. The molecular weight excluding hydrogens is 367 g/mol. The van der Waals surface area contributed by atoms with Crippen LogP contribution < -0.4 is 10.2 Å². The lowest BCUT2D eigenvalue weighted by Crippen LogP contribution is -2.58. The zero-order chi connectivity index (χ0) is 13.3. The van der Waals surface area contributed by atoms with E-state index in [4.69, 9.17) is 11.6 Å². The molecule has 0 spiro atoms. The van der Waals surface area contributed by atoms with Gasteiger partial charge < -0.3 is 5.32 Å². The van der Waals surface area contributed by atoms with Gasteiger partial charge >= 0.3 is 0 Å². The minimum atomic E-state index is -0.458. The third kappa shape index (κ3) is 2.61. The van der Waals surface area contributed by atoms with Gasteiger partial charge in [-0.3, -0.25) is 14.5 Å². The Morgan fingerprint density at radius 1 is 1.50 bits per heavy atom. The van der Waals surface area contributed by atoms with Gasteiger partial charge in [0.15, 0.2) is 0 Å². The Morgan fingerprint density at radius 3 is 2.89 bits per heavy atom. The van der Waals surface area contributed by atoms with Gasteiger partial charge in [-0.15, -0.1) is 0 Å². The Hall–Kier alpha value is -0.820. The lowest BCUT2D eigenvalue weighted by Gasteiger charge is -2.32. The molecule has 1 aromatic carbocycles. The third-order valence-electron chi connectivity index (χ3n) is 2.81. The first-order chi connectivity index (χ1) is 8.52. The fraction of sp³-hybridized carbons (Fsp3) is 0.333. The maximum atomic E-state index is 12.2. The predicted molar refractivity (Wildman–Crippen MR) is 78.7 cm³/mol. The maximum Gasteiger partial charge on any atom is 0.250 e. The molecule has 96 valence electrons. The Balaban J connectivity index is 2.39. The van der Waals surface area contributed by atoms with Crippen molar-refractivity contribution in [1.29, 1.82) is 0 Å². The summed E-state index contributed by atoms with van der Waals surface area (Å²) in [7, 11) is 0. The van der Waals surface area contributed by atoms with Crippen LogP contribution in [0, 0.1) is 3.57 Å². The topological polar surface area (TPSA) is 49.4 Å². The second-order valence-electron chi connectivity index (χ2n) is 4.05. The van der Waals surface area contributed by atoms with Crippen LogP contribution in [0.25, 0.3) is 0 Å². The summed E-state index contributed by atoms with van der Waals surface area (Å²) in [5, 5.41) is 3.15. The van der Waals surface area contributed by atoms with Gasteiger partial charge in [0.05, 0.1) is 10.7 Å². The van der Waals surface area contributed by atoms with Crippen molar-refractivity contribution in [1.82, 2.24) is 5.32 Å². The lowest BCUT2D eigenvalue weighted by molar-refractivity contribution is -0.131. The number of carbonyl (C=O) groups excluding carboxylic acids is 2. The second kappa shape index (κ2) is 5.44. The summed E-state index contributed by atoms with van der Waals surface area (Å²) in [6, 6.07) is 4.95. The fourth-order valence-corrected chi connectivity index (χ4v) is 2.58. The smallest absolute Gasteiger partial charge is 0.250 e. The van der Waals surface area contributed by atoms with Gasteiger partial charge in [-0.05, 0) is 47.2 Å². The molecule has 0 aromatic heterocycles. The molecule has 1 fully saturated rings. The van der Waals surface area contributed by atoms with E-state index in [-0.39, 0.29) is 18.4 Å². The number of halogens is 2. The standard InChI is InChI=1S/C12H12ClIN2O2/c1-2-9-12(18)16(6-11(17)15-9)10-5-7(14)3-4-8(10)13/h3-5,9H,2,6H2,1H3,(H,15,17). The average molecular weight is 379 g/mol. The minimum absolute atomic E-state index is 0.0230. The molecule has 18 heavy (non-hydrogen) atoms. The van der Waals surface area contributed by atoms with E-state index in [2.05, 4.69) is 27.9 Å². The molecule has 1 aromatic rings. The summed E-state index contributed by atoms with van der Waals surface area (Å²) >= 11 is 8.25. The molecule has 0 radical (unpaired) electrons. The molecule has 0 saturated carbocycles. The van der Waals surface area contributed by atoms with E-state index < -0.39 is 6.04 Å². The molecule has 4 nitrogen and oxygen atoms in total. The third-order valence-corrected chi connectivity index (χ3v) is 3.80. The summed E-state index contributed by atoms with van der Waals surface area (Å²) in [5.74, 6) is -0.266. The molecule has 1 N–H and O–H groups in total. The first-order valence-corrected chi connectivity index (χ1v) is 7.04. The van der Waals surface area contributed by atoms with Crippen molar-refractivity contribution in [2.45, 2.75) is 19.4 Å². The molecule has 2 rings (SSSR count). The van der Waals surface area contributed by atoms with E-state index in [0.717, 1.165) is 3.57 Å². The van der Waals surface area contributed by atoms with Crippen LogP contribution in [0.1, 0.15) is 13.3 Å². The summed E-state index contributed by atoms with van der Waals surface area (Å²) in [6.45, 7) is 1.89. The quantitative estimate of drug-likeness (QED) is 0.802. The van der Waals surface area contributed by atoms with Gasteiger partial charge in [-0.1, -0.05) is 18.5 Å². The highest BCUT2D eigenvalue weighted by Crippen LogP contribution is 2.29. The monoisotopic (exact) mass is 378 g/mol. The Morgan fingerprint density at radius 2 is 2.22 bits per heavy atom. The van der Waals surface area contributed by atoms with E-state index in [1.165, 1.54) is 4.90 Å². The number of piperazine rings is 1. The molecule has 1 aliphatic rings. The van der Waals surface area contributed by atoms with E-state index in [9.17, 15) is 9.59 Å². The highest BCUT2D eigenvalue weighted by molar-refractivity contribution is 14.1. The van der Waals surface area contributed by atoms with Gasteiger partial charge in [0.2, 0.25) is 11.8 Å². The SMILES string of the molecule is CCC1NC(=O)CN(c2cc(I)ccc2Cl)C1=O. The first-order valence-electron chi connectivity index (χ1n) is 5.58. The van der Waals surface area contributed by atoms with Crippen molar-refractivity contribution in [2.24, 2.45) is 0 Å². The van der Waals surface area contributed by atoms with Gasteiger partial charge in [0.25, 0.3) is 0 Å². The van der Waals surface area contributed by atoms with E-state index in [1.807, 2.05) is 19.1 Å². The van der Waals surface area contributed by atoms with Crippen LogP contribution in [0.3, 0.4) is 0 Å². The molecule has 1 heterocycles. The van der Waals surface area contributed by atoms with Gasteiger partial charge in [0.1, 0.15) is 12.6 Å². The van der Waals surface area contributed by atoms with Crippen LogP contribution in [0.15, 0.2) is 18.2 Å². The Bertz CT molecular complexity index is 507. The summed E-state index contributed by atoms with van der Waals surface area (Å²) in [5.41, 5.74) is 0.599. The molecule has 0 aliphatic carbocycles. The number of nitrogens with one attached hydrogen (secondary N) is 1. The summed E-state index contributed by atoms with van der Waals surface area (Å²) < 4.78 is 0.971. The fourth-order valence-electron chi connectivity index (χ4n) is 1.88. The number of carbonyl (C=O) groups is 2. The number of amides is 2. The zero-order valence-corrected chi connectivity index (χ0v) is 12.7. The van der Waals surface area contributed by atoms with Crippen molar-refractivity contribution in [3.63, 3.8) is 0 Å². The highest BCUT2D eigenvalue weighted by Gasteiger charge is 2.33. The largest absolute Gasteiger partial charge is 0.343 e. The van der Waals surface area contributed by atoms with Gasteiger partial charge in [-0.2, -0.15) is 0 Å². The molecule has 1 unspecified atom stereocenters. The van der Waals surface area contributed by atoms with E-state index >= 15 is 0 Å². The highest BCUT2D eigenvalue weighted by atomic mass is 127.